The van der Waals surface area contributed by atoms with E-state index in [0.717, 1.165) is 12.1 Å². The van der Waals surface area contributed by atoms with Crippen LogP contribution in [0.5, 0.6) is 0 Å². The standard InChI is InChI=1S/C17H25N3O3/c1-4-20(17(22)15-11-18-9-10-23-15)12-13-5-7-14(8-6-13)16(21)19(2)3/h5-8,15,18H,4,9-12H2,1-3H3. The lowest BCUT2D eigenvalue weighted by atomic mass is 10.1. The lowest BCUT2D eigenvalue weighted by molar-refractivity contribution is -0.145. The Morgan fingerprint density at radius 3 is 2.48 bits per heavy atom. The third-order valence-electron chi connectivity index (χ3n) is 3.88. The normalized spacial score (nSPS) is 17.6. The first kappa shape index (κ1) is 17.4. The molecule has 1 fully saturated rings. The molecule has 1 saturated heterocycles. The predicted octanol–water partition coefficient (Wildman–Crippen LogP) is 0.725. The van der Waals surface area contributed by atoms with Crippen molar-refractivity contribution >= 4 is 11.8 Å². The second kappa shape index (κ2) is 8.08. The van der Waals surface area contributed by atoms with Crippen LogP contribution in [0.2, 0.25) is 0 Å². The number of carbonyl (C=O) groups excluding carboxylic acids is 2. The van der Waals surface area contributed by atoms with Gasteiger partial charge in [-0.3, -0.25) is 9.59 Å². The fourth-order valence-corrected chi connectivity index (χ4v) is 2.50. The molecule has 1 aromatic carbocycles. The van der Waals surface area contributed by atoms with Gasteiger partial charge in [0.15, 0.2) is 0 Å². The number of morpholine rings is 1. The Bertz CT molecular complexity index is 537. The first-order chi connectivity index (χ1) is 11.0. The zero-order valence-corrected chi connectivity index (χ0v) is 14.0. The van der Waals surface area contributed by atoms with Gasteiger partial charge in [-0.25, -0.2) is 0 Å². The van der Waals surface area contributed by atoms with E-state index in [1.165, 1.54) is 0 Å². The fraction of sp³-hybridized carbons (Fsp3) is 0.529. The van der Waals surface area contributed by atoms with Crippen molar-refractivity contribution in [3.63, 3.8) is 0 Å². The zero-order valence-electron chi connectivity index (χ0n) is 14.0. The summed E-state index contributed by atoms with van der Waals surface area (Å²) in [7, 11) is 3.46. The Morgan fingerprint density at radius 2 is 1.96 bits per heavy atom. The van der Waals surface area contributed by atoms with E-state index in [-0.39, 0.29) is 11.8 Å². The highest BCUT2D eigenvalue weighted by Crippen LogP contribution is 2.11. The molecule has 0 radical (unpaired) electrons. The number of likely N-dealkylation sites (N-methyl/N-ethyl adjacent to an activating group) is 1. The summed E-state index contributed by atoms with van der Waals surface area (Å²) in [6, 6.07) is 7.39. The van der Waals surface area contributed by atoms with Crippen molar-refractivity contribution in [2.75, 3.05) is 40.3 Å². The Kier molecular flexibility index (Phi) is 6.12. The minimum Gasteiger partial charge on any atom is -0.366 e. The molecule has 2 amide bonds. The molecule has 1 atom stereocenters. The second-order valence-electron chi connectivity index (χ2n) is 5.81. The van der Waals surface area contributed by atoms with Crippen LogP contribution in [0.15, 0.2) is 24.3 Å². The molecule has 1 N–H and O–H groups in total. The average Bonchev–Trinajstić information content (AvgIpc) is 2.59. The van der Waals surface area contributed by atoms with Gasteiger partial charge in [0.05, 0.1) is 6.61 Å². The van der Waals surface area contributed by atoms with Crippen LogP contribution in [0.25, 0.3) is 0 Å². The van der Waals surface area contributed by atoms with Crippen molar-refractivity contribution in [2.45, 2.75) is 19.6 Å². The van der Waals surface area contributed by atoms with Gasteiger partial charge < -0.3 is 19.9 Å². The summed E-state index contributed by atoms with van der Waals surface area (Å²) in [5, 5.41) is 3.17. The lowest BCUT2D eigenvalue weighted by Gasteiger charge is -2.29. The van der Waals surface area contributed by atoms with Crippen LogP contribution in [0.1, 0.15) is 22.8 Å². The number of hydrogen-bond donors (Lipinski definition) is 1. The number of amides is 2. The van der Waals surface area contributed by atoms with Crippen molar-refractivity contribution < 1.29 is 14.3 Å². The summed E-state index contributed by atoms with van der Waals surface area (Å²) in [6.07, 6.45) is -0.404. The molecule has 1 aliphatic rings. The molecular formula is C17H25N3O3. The van der Waals surface area contributed by atoms with Crippen molar-refractivity contribution in [3.8, 4) is 0 Å². The molecule has 2 rings (SSSR count). The minimum absolute atomic E-state index is 0.00754. The number of benzene rings is 1. The number of nitrogens with one attached hydrogen (secondary N) is 1. The van der Waals surface area contributed by atoms with E-state index in [0.29, 0.717) is 31.8 Å². The highest BCUT2D eigenvalue weighted by molar-refractivity contribution is 5.93. The number of nitrogens with zero attached hydrogens (tertiary/aromatic N) is 2. The molecule has 0 bridgehead atoms. The summed E-state index contributed by atoms with van der Waals surface area (Å²) in [6.45, 7) is 5.01. The summed E-state index contributed by atoms with van der Waals surface area (Å²) in [5.74, 6) is -0.0187. The number of carbonyl (C=O) groups is 2. The largest absolute Gasteiger partial charge is 0.366 e. The molecule has 126 valence electrons. The quantitative estimate of drug-likeness (QED) is 0.869. The molecule has 0 aliphatic carbocycles. The van der Waals surface area contributed by atoms with Gasteiger partial charge in [-0.15, -0.1) is 0 Å². The van der Waals surface area contributed by atoms with Gasteiger partial charge >= 0.3 is 0 Å². The number of ether oxygens (including phenoxy) is 1. The molecule has 23 heavy (non-hydrogen) atoms. The third-order valence-corrected chi connectivity index (χ3v) is 3.88. The number of hydrogen-bond acceptors (Lipinski definition) is 4. The second-order valence-corrected chi connectivity index (χ2v) is 5.81. The maximum absolute atomic E-state index is 12.5. The van der Waals surface area contributed by atoms with Crippen molar-refractivity contribution in [2.24, 2.45) is 0 Å². The molecule has 0 spiro atoms. The van der Waals surface area contributed by atoms with E-state index in [1.807, 2.05) is 19.1 Å². The summed E-state index contributed by atoms with van der Waals surface area (Å²) >= 11 is 0. The molecule has 6 nitrogen and oxygen atoms in total. The Morgan fingerprint density at radius 1 is 1.26 bits per heavy atom. The van der Waals surface area contributed by atoms with E-state index in [2.05, 4.69) is 5.32 Å². The molecule has 1 unspecified atom stereocenters. The zero-order chi connectivity index (χ0) is 16.8. The molecule has 1 aromatic rings. The van der Waals surface area contributed by atoms with Crippen LogP contribution < -0.4 is 5.32 Å². The smallest absolute Gasteiger partial charge is 0.253 e. The van der Waals surface area contributed by atoms with E-state index < -0.39 is 6.10 Å². The lowest BCUT2D eigenvalue weighted by Crippen LogP contribution is -2.49. The maximum atomic E-state index is 12.5. The topological polar surface area (TPSA) is 61.9 Å². The molecule has 1 aliphatic heterocycles. The van der Waals surface area contributed by atoms with Crippen LogP contribution in [-0.2, 0) is 16.1 Å². The minimum atomic E-state index is -0.404. The monoisotopic (exact) mass is 319 g/mol. The van der Waals surface area contributed by atoms with Gasteiger partial charge in [-0.1, -0.05) is 12.1 Å². The van der Waals surface area contributed by atoms with Crippen molar-refractivity contribution in [3.05, 3.63) is 35.4 Å². The van der Waals surface area contributed by atoms with Gasteiger partial charge in [0.2, 0.25) is 0 Å². The van der Waals surface area contributed by atoms with Crippen LogP contribution in [-0.4, -0.2) is 68.1 Å². The van der Waals surface area contributed by atoms with Gasteiger partial charge in [-0.05, 0) is 24.6 Å². The van der Waals surface area contributed by atoms with E-state index in [9.17, 15) is 9.59 Å². The summed E-state index contributed by atoms with van der Waals surface area (Å²) < 4.78 is 5.53. The molecule has 6 heteroatoms. The Balaban J connectivity index is 2.00. The predicted molar refractivity (Wildman–Crippen MR) is 88.2 cm³/mol. The molecule has 0 aromatic heterocycles. The highest BCUT2D eigenvalue weighted by atomic mass is 16.5. The summed E-state index contributed by atoms with van der Waals surface area (Å²) in [4.78, 5) is 27.7. The fourth-order valence-electron chi connectivity index (χ4n) is 2.50. The van der Waals surface area contributed by atoms with Gasteiger partial charge in [-0.2, -0.15) is 0 Å². The van der Waals surface area contributed by atoms with E-state index in [1.54, 1.807) is 36.0 Å². The van der Waals surface area contributed by atoms with Crippen LogP contribution in [0.4, 0.5) is 0 Å². The van der Waals surface area contributed by atoms with Gasteiger partial charge in [0, 0.05) is 45.8 Å². The van der Waals surface area contributed by atoms with Gasteiger partial charge in [0.1, 0.15) is 6.10 Å². The van der Waals surface area contributed by atoms with Crippen LogP contribution in [0.3, 0.4) is 0 Å². The summed E-state index contributed by atoms with van der Waals surface area (Å²) in [5.41, 5.74) is 1.65. The van der Waals surface area contributed by atoms with E-state index in [4.69, 9.17) is 4.74 Å². The third kappa shape index (κ3) is 4.53. The van der Waals surface area contributed by atoms with E-state index >= 15 is 0 Å². The van der Waals surface area contributed by atoms with Crippen LogP contribution in [0, 0.1) is 0 Å². The SMILES string of the molecule is CCN(Cc1ccc(C(=O)N(C)C)cc1)C(=O)C1CNCCO1. The highest BCUT2D eigenvalue weighted by Gasteiger charge is 2.26. The Hall–Kier alpha value is -1.92. The average molecular weight is 319 g/mol. The van der Waals surface area contributed by atoms with Gasteiger partial charge in [0.25, 0.3) is 11.8 Å². The number of rotatable bonds is 5. The van der Waals surface area contributed by atoms with Crippen molar-refractivity contribution in [1.82, 2.24) is 15.1 Å². The van der Waals surface area contributed by atoms with Crippen molar-refractivity contribution in [1.29, 1.82) is 0 Å². The molecule has 1 heterocycles. The van der Waals surface area contributed by atoms with Crippen LogP contribution >= 0.6 is 0 Å². The maximum Gasteiger partial charge on any atom is 0.253 e. The first-order valence-electron chi connectivity index (χ1n) is 7.94. The molecule has 0 saturated carbocycles. The Labute approximate surface area is 137 Å². The molecular weight excluding hydrogens is 294 g/mol. The first-order valence-corrected chi connectivity index (χ1v) is 7.94.